The van der Waals surface area contributed by atoms with Gasteiger partial charge in [-0.1, -0.05) is 6.92 Å². The van der Waals surface area contributed by atoms with Crippen LogP contribution in [0.3, 0.4) is 0 Å². The Morgan fingerprint density at radius 3 is 2.83 bits per heavy atom. The largest absolute Gasteiger partial charge is 0.377 e. The molecule has 1 atom stereocenters. The van der Waals surface area contributed by atoms with Crippen LogP contribution in [0.4, 0.5) is 16.3 Å². The highest BCUT2D eigenvalue weighted by molar-refractivity contribution is 5.90. The van der Waals surface area contributed by atoms with Crippen LogP contribution in [-0.4, -0.2) is 54.8 Å². The van der Waals surface area contributed by atoms with Gasteiger partial charge in [0.1, 0.15) is 5.82 Å². The molecule has 0 aliphatic carbocycles. The third-order valence-electron chi connectivity index (χ3n) is 4.70. The standard InChI is InChI=1S/C17H26N4O2/c1-3-14-12-23-11-10-21(14)17(22)19-15-6-7-16(18-13(15)2)20-8-4-5-9-20/h6-7,14H,3-5,8-12H2,1-2H3,(H,19,22). The second-order valence-corrected chi connectivity index (χ2v) is 6.26. The lowest BCUT2D eigenvalue weighted by Crippen LogP contribution is -2.50. The number of aromatic nitrogens is 1. The maximum Gasteiger partial charge on any atom is 0.322 e. The van der Waals surface area contributed by atoms with Gasteiger partial charge >= 0.3 is 6.03 Å². The third kappa shape index (κ3) is 3.58. The molecule has 23 heavy (non-hydrogen) atoms. The van der Waals surface area contributed by atoms with Crippen LogP contribution >= 0.6 is 0 Å². The van der Waals surface area contributed by atoms with E-state index in [1.54, 1.807) is 0 Å². The van der Waals surface area contributed by atoms with E-state index in [0.717, 1.165) is 36.7 Å². The summed E-state index contributed by atoms with van der Waals surface area (Å²) in [5.41, 5.74) is 1.66. The van der Waals surface area contributed by atoms with Crippen LogP contribution in [-0.2, 0) is 4.74 Å². The Morgan fingerprint density at radius 2 is 2.13 bits per heavy atom. The van der Waals surface area contributed by atoms with Crippen LogP contribution < -0.4 is 10.2 Å². The van der Waals surface area contributed by atoms with Crippen molar-refractivity contribution < 1.29 is 9.53 Å². The smallest absolute Gasteiger partial charge is 0.322 e. The Morgan fingerprint density at radius 1 is 1.35 bits per heavy atom. The topological polar surface area (TPSA) is 57.7 Å². The minimum atomic E-state index is -0.0565. The average Bonchev–Trinajstić information content (AvgIpc) is 3.11. The quantitative estimate of drug-likeness (QED) is 0.931. The van der Waals surface area contributed by atoms with Gasteiger partial charge in [0.05, 0.1) is 30.6 Å². The fraction of sp³-hybridized carbons (Fsp3) is 0.647. The first kappa shape index (κ1) is 16.1. The Balaban J connectivity index is 1.68. The van der Waals surface area contributed by atoms with E-state index in [1.807, 2.05) is 24.0 Å². The Hall–Kier alpha value is -1.82. The first-order chi connectivity index (χ1) is 11.2. The van der Waals surface area contributed by atoms with E-state index in [-0.39, 0.29) is 12.1 Å². The van der Waals surface area contributed by atoms with Crippen molar-refractivity contribution >= 4 is 17.5 Å². The molecule has 0 aromatic carbocycles. The monoisotopic (exact) mass is 318 g/mol. The van der Waals surface area contributed by atoms with Crippen molar-refractivity contribution in [3.63, 3.8) is 0 Å². The predicted octanol–water partition coefficient (Wildman–Crippen LogP) is 2.63. The molecule has 2 aliphatic rings. The van der Waals surface area contributed by atoms with Gasteiger partial charge in [0.25, 0.3) is 0 Å². The van der Waals surface area contributed by atoms with Crippen molar-refractivity contribution in [2.45, 2.75) is 39.2 Å². The summed E-state index contributed by atoms with van der Waals surface area (Å²) in [5.74, 6) is 1.01. The highest BCUT2D eigenvalue weighted by Gasteiger charge is 2.26. The molecule has 3 rings (SSSR count). The molecule has 126 valence electrons. The average molecular weight is 318 g/mol. The Bertz CT molecular complexity index is 558. The number of carbonyl (C=O) groups excluding carboxylic acids is 1. The van der Waals surface area contributed by atoms with E-state index in [0.29, 0.717) is 19.8 Å². The van der Waals surface area contributed by atoms with Gasteiger partial charge in [-0.2, -0.15) is 0 Å². The van der Waals surface area contributed by atoms with Crippen molar-refractivity contribution in [1.29, 1.82) is 0 Å². The van der Waals surface area contributed by atoms with E-state index < -0.39 is 0 Å². The molecule has 2 saturated heterocycles. The van der Waals surface area contributed by atoms with Crippen LogP contribution in [0.1, 0.15) is 31.9 Å². The van der Waals surface area contributed by atoms with Crippen LogP contribution in [0, 0.1) is 6.92 Å². The summed E-state index contributed by atoms with van der Waals surface area (Å²) in [6, 6.07) is 4.07. The van der Waals surface area contributed by atoms with Crippen molar-refractivity contribution in [2.75, 3.05) is 43.1 Å². The number of amides is 2. The summed E-state index contributed by atoms with van der Waals surface area (Å²) in [5, 5.41) is 3.01. The second kappa shape index (κ2) is 7.17. The molecule has 0 bridgehead atoms. The molecule has 1 aromatic heterocycles. The number of nitrogens with one attached hydrogen (secondary N) is 1. The lowest BCUT2D eigenvalue weighted by molar-refractivity contribution is 0.0144. The van der Waals surface area contributed by atoms with Gasteiger partial charge in [-0.15, -0.1) is 0 Å². The lowest BCUT2D eigenvalue weighted by Gasteiger charge is -2.35. The van der Waals surface area contributed by atoms with Crippen LogP contribution in [0.25, 0.3) is 0 Å². The molecule has 0 saturated carbocycles. The summed E-state index contributed by atoms with van der Waals surface area (Å²) >= 11 is 0. The molecule has 2 fully saturated rings. The zero-order valence-electron chi connectivity index (χ0n) is 14.0. The third-order valence-corrected chi connectivity index (χ3v) is 4.70. The minimum absolute atomic E-state index is 0.0565. The molecule has 3 heterocycles. The molecule has 6 heteroatoms. The van der Waals surface area contributed by atoms with Gasteiger partial charge in [0, 0.05) is 19.6 Å². The predicted molar refractivity (Wildman–Crippen MR) is 91.0 cm³/mol. The van der Waals surface area contributed by atoms with E-state index in [2.05, 4.69) is 22.1 Å². The van der Waals surface area contributed by atoms with Gasteiger partial charge in [-0.3, -0.25) is 0 Å². The van der Waals surface area contributed by atoms with Gasteiger partial charge in [-0.25, -0.2) is 9.78 Å². The first-order valence-corrected chi connectivity index (χ1v) is 8.57. The number of rotatable bonds is 3. The molecule has 2 amide bonds. The van der Waals surface area contributed by atoms with Crippen LogP contribution in [0.15, 0.2) is 12.1 Å². The van der Waals surface area contributed by atoms with Crippen LogP contribution in [0.2, 0.25) is 0 Å². The van der Waals surface area contributed by atoms with Crippen molar-refractivity contribution in [1.82, 2.24) is 9.88 Å². The molecule has 1 unspecified atom stereocenters. The number of ether oxygens (including phenoxy) is 1. The highest BCUT2D eigenvalue weighted by atomic mass is 16.5. The minimum Gasteiger partial charge on any atom is -0.377 e. The summed E-state index contributed by atoms with van der Waals surface area (Å²) < 4.78 is 5.46. The fourth-order valence-corrected chi connectivity index (χ4v) is 3.25. The van der Waals surface area contributed by atoms with E-state index in [1.165, 1.54) is 12.8 Å². The molecule has 1 aromatic rings. The SMILES string of the molecule is CCC1COCCN1C(=O)Nc1ccc(N2CCCC2)nc1C. The van der Waals surface area contributed by atoms with Crippen LogP contribution in [0.5, 0.6) is 0 Å². The normalized spacial score (nSPS) is 21.6. The summed E-state index contributed by atoms with van der Waals surface area (Å²) in [6.45, 7) is 8.05. The maximum atomic E-state index is 12.6. The summed E-state index contributed by atoms with van der Waals surface area (Å²) in [7, 11) is 0. The van der Waals surface area contributed by atoms with Crippen molar-refractivity contribution in [3.05, 3.63) is 17.8 Å². The van der Waals surface area contributed by atoms with Gasteiger partial charge in [-0.05, 0) is 38.3 Å². The molecule has 1 N–H and O–H groups in total. The zero-order chi connectivity index (χ0) is 16.2. The molecule has 0 spiro atoms. The lowest BCUT2D eigenvalue weighted by atomic mass is 10.2. The number of pyridine rings is 1. The van der Waals surface area contributed by atoms with E-state index >= 15 is 0 Å². The number of morpholine rings is 1. The maximum absolute atomic E-state index is 12.6. The van der Waals surface area contributed by atoms with Gasteiger partial charge in [0.15, 0.2) is 0 Å². The zero-order valence-corrected chi connectivity index (χ0v) is 14.0. The molecule has 2 aliphatic heterocycles. The van der Waals surface area contributed by atoms with E-state index in [9.17, 15) is 4.79 Å². The number of hydrogen-bond acceptors (Lipinski definition) is 4. The number of urea groups is 1. The number of aryl methyl sites for hydroxylation is 1. The van der Waals surface area contributed by atoms with Crippen molar-refractivity contribution in [3.8, 4) is 0 Å². The number of hydrogen-bond donors (Lipinski definition) is 1. The molecule has 6 nitrogen and oxygen atoms in total. The van der Waals surface area contributed by atoms with Gasteiger partial charge in [0.2, 0.25) is 0 Å². The molecule has 0 radical (unpaired) electrons. The number of nitrogens with zero attached hydrogens (tertiary/aromatic N) is 3. The second-order valence-electron chi connectivity index (χ2n) is 6.26. The first-order valence-electron chi connectivity index (χ1n) is 8.57. The summed E-state index contributed by atoms with van der Waals surface area (Å²) in [4.78, 5) is 21.4. The summed E-state index contributed by atoms with van der Waals surface area (Å²) in [6.07, 6.45) is 3.36. The van der Waals surface area contributed by atoms with Crippen molar-refractivity contribution in [2.24, 2.45) is 0 Å². The fourth-order valence-electron chi connectivity index (χ4n) is 3.25. The van der Waals surface area contributed by atoms with Gasteiger partial charge < -0.3 is 19.9 Å². The number of carbonyl (C=O) groups is 1. The number of anilines is 2. The Labute approximate surface area is 137 Å². The highest BCUT2D eigenvalue weighted by Crippen LogP contribution is 2.22. The van der Waals surface area contributed by atoms with E-state index in [4.69, 9.17) is 4.74 Å². The molecular weight excluding hydrogens is 292 g/mol. The molecular formula is C17H26N4O2. The Kier molecular flexibility index (Phi) is 5.00.